The molecule has 0 aliphatic heterocycles. The standard InChI is InChI=1S/C10H11BrClNO2/c11-4-1-5-13-10(15)7-2-3-9(14)8(12)6-7/h2-3,6,14H,1,4-5H2,(H,13,15). The van der Waals surface area contributed by atoms with Gasteiger partial charge >= 0.3 is 0 Å². The average Bonchev–Trinajstić information content (AvgIpc) is 2.22. The van der Waals surface area contributed by atoms with E-state index in [2.05, 4.69) is 21.2 Å². The predicted molar refractivity (Wildman–Crippen MR) is 63.9 cm³/mol. The van der Waals surface area contributed by atoms with E-state index in [1.165, 1.54) is 18.2 Å². The number of hydrogen-bond donors (Lipinski definition) is 2. The summed E-state index contributed by atoms with van der Waals surface area (Å²) in [4.78, 5) is 11.5. The molecule has 82 valence electrons. The van der Waals surface area contributed by atoms with Crippen LogP contribution in [0.4, 0.5) is 0 Å². The fourth-order valence-corrected chi connectivity index (χ4v) is 1.48. The summed E-state index contributed by atoms with van der Waals surface area (Å²) in [6.45, 7) is 0.614. The fraction of sp³-hybridized carbons (Fsp3) is 0.300. The Labute approximate surface area is 102 Å². The van der Waals surface area contributed by atoms with E-state index in [4.69, 9.17) is 16.7 Å². The number of phenolic OH excluding ortho intramolecular Hbond substituents is 1. The minimum atomic E-state index is -0.183. The lowest BCUT2D eigenvalue weighted by Crippen LogP contribution is -2.24. The van der Waals surface area contributed by atoms with E-state index in [1.54, 1.807) is 0 Å². The number of amides is 1. The molecule has 0 aliphatic carbocycles. The highest BCUT2D eigenvalue weighted by Crippen LogP contribution is 2.23. The summed E-state index contributed by atoms with van der Waals surface area (Å²) in [5.74, 6) is -0.202. The Morgan fingerprint density at radius 2 is 2.27 bits per heavy atom. The highest BCUT2D eigenvalue weighted by Gasteiger charge is 2.07. The van der Waals surface area contributed by atoms with Gasteiger partial charge in [0.2, 0.25) is 0 Å². The summed E-state index contributed by atoms with van der Waals surface area (Å²) in [7, 11) is 0. The van der Waals surface area contributed by atoms with Crippen molar-refractivity contribution >= 4 is 33.4 Å². The van der Waals surface area contributed by atoms with Gasteiger partial charge in [0, 0.05) is 17.4 Å². The lowest BCUT2D eigenvalue weighted by Gasteiger charge is -2.04. The van der Waals surface area contributed by atoms with Gasteiger partial charge in [-0.25, -0.2) is 0 Å². The van der Waals surface area contributed by atoms with Crippen molar-refractivity contribution in [1.82, 2.24) is 5.32 Å². The van der Waals surface area contributed by atoms with Crippen LogP contribution < -0.4 is 5.32 Å². The summed E-state index contributed by atoms with van der Waals surface area (Å²) in [5.41, 5.74) is 0.451. The van der Waals surface area contributed by atoms with Gasteiger partial charge in [-0.15, -0.1) is 0 Å². The fourth-order valence-electron chi connectivity index (χ4n) is 1.02. The Morgan fingerprint density at radius 1 is 1.53 bits per heavy atom. The van der Waals surface area contributed by atoms with Gasteiger partial charge in [-0.05, 0) is 24.6 Å². The molecule has 0 spiro atoms. The first-order chi connectivity index (χ1) is 7.15. The van der Waals surface area contributed by atoms with Crippen molar-refractivity contribution in [3.05, 3.63) is 28.8 Å². The maximum Gasteiger partial charge on any atom is 0.251 e. The van der Waals surface area contributed by atoms with Crippen LogP contribution in [0.1, 0.15) is 16.8 Å². The van der Waals surface area contributed by atoms with Crippen molar-refractivity contribution in [2.45, 2.75) is 6.42 Å². The van der Waals surface area contributed by atoms with Gasteiger partial charge in [0.15, 0.2) is 0 Å². The van der Waals surface area contributed by atoms with E-state index in [1.807, 2.05) is 0 Å². The lowest BCUT2D eigenvalue weighted by atomic mass is 10.2. The van der Waals surface area contributed by atoms with Crippen LogP contribution in [0, 0.1) is 0 Å². The lowest BCUT2D eigenvalue weighted by molar-refractivity contribution is 0.0954. The third kappa shape index (κ3) is 3.72. The number of alkyl halides is 1. The zero-order valence-corrected chi connectivity index (χ0v) is 10.3. The Hall–Kier alpha value is -0.740. The molecule has 0 aliphatic rings. The second-order valence-electron chi connectivity index (χ2n) is 2.96. The molecular formula is C10H11BrClNO2. The van der Waals surface area contributed by atoms with Crippen LogP contribution in [0.25, 0.3) is 0 Å². The van der Waals surface area contributed by atoms with Crippen LogP contribution in [0.3, 0.4) is 0 Å². The Morgan fingerprint density at radius 3 is 2.87 bits per heavy atom. The van der Waals surface area contributed by atoms with Crippen LogP contribution in [-0.4, -0.2) is 22.9 Å². The number of nitrogens with one attached hydrogen (secondary N) is 1. The molecule has 0 bridgehead atoms. The molecule has 15 heavy (non-hydrogen) atoms. The topological polar surface area (TPSA) is 49.3 Å². The molecule has 2 N–H and O–H groups in total. The molecule has 1 rings (SSSR count). The number of halogens is 2. The molecule has 0 fully saturated rings. The van der Waals surface area contributed by atoms with Crippen LogP contribution in [0.5, 0.6) is 5.75 Å². The van der Waals surface area contributed by atoms with Crippen LogP contribution in [0.2, 0.25) is 5.02 Å². The molecule has 0 saturated heterocycles. The summed E-state index contributed by atoms with van der Waals surface area (Å²) < 4.78 is 0. The van der Waals surface area contributed by atoms with E-state index in [0.717, 1.165) is 11.8 Å². The number of benzene rings is 1. The second-order valence-corrected chi connectivity index (χ2v) is 4.16. The number of hydrogen-bond acceptors (Lipinski definition) is 2. The SMILES string of the molecule is O=C(NCCCBr)c1ccc(O)c(Cl)c1. The molecule has 0 radical (unpaired) electrons. The highest BCUT2D eigenvalue weighted by atomic mass is 79.9. The van der Waals surface area contributed by atoms with Crippen molar-refractivity contribution < 1.29 is 9.90 Å². The second kappa shape index (κ2) is 5.98. The monoisotopic (exact) mass is 291 g/mol. The number of carbonyl (C=O) groups excluding carboxylic acids is 1. The highest BCUT2D eigenvalue weighted by molar-refractivity contribution is 9.09. The molecule has 0 heterocycles. The van der Waals surface area contributed by atoms with Crippen molar-refractivity contribution in [3.8, 4) is 5.75 Å². The van der Waals surface area contributed by atoms with Gasteiger partial charge in [-0.2, -0.15) is 0 Å². The predicted octanol–water partition coefficient (Wildman–Crippen LogP) is 2.56. The van der Waals surface area contributed by atoms with Gasteiger partial charge in [0.25, 0.3) is 5.91 Å². The largest absolute Gasteiger partial charge is 0.506 e. The third-order valence-electron chi connectivity index (χ3n) is 1.81. The number of phenols is 1. The van der Waals surface area contributed by atoms with E-state index < -0.39 is 0 Å². The van der Waals surface area contributed by atoms with E-state index in [0.29, 0.717) is 12.1 Å². The van der Waals surface area contributed by atoms with Crippen molar-refractivity contribution in [1.29, 1.82) is 0 Å². The van der Waals surface area contributed by atoms with Gasteiger partial charge in [-0.1, -0.05) is 27.5 Å². The molecule has 0 aromatic heterocycles. The first-order valence-corrected chi connectivity index (χ1v) is 5.97. The van der Waals surface area contributed by atoms with E-state index in [-0.39, 0.29) is 16.7 Å². The number of carbonyl (C=O) groups is 1. The molecule has 0 atom stereocenters. The third-order valence-corrected chi connectivity index (χ3v) is 2.67. The zero-order valence-electron chi connectivity index (χ0n) is 7.96. The normalized spacial score (nSPS) is 10.0. The minimum absolute atomic E-state index is 0.0197. The number of aromatic hydroxyl groups is 1. The zero-order chi connectivity index (χ0) is 11.3. The Balaban J connectivity index is 2.62. The molecule has 0 unspecified atom stereocenters. The first kappa shape index (κ1) is 12.3. The Kier molecular flexibility index (Phi) is 4.91. The summed E-state index contributed by atoms with van der Waals surface area (Å²) >= 11 is 8.95. The quantitative estimate of drug-likeness (QED) is 0.662. The maximum atomic E-state index is 11.5. The summed E-state index contributed by atoms with van der Waals surface area (Å²) in [5, 5.41) is 12.9. The molecule has 0 saturated carbocycles. The van der Waals surface area contributed by atoms with E-state index in [9.17, 15) is 4.79 Å². The van der Waals surface area contributed by atoms with Gasteiger partial charge in [0.1, 0.15) is 5.75 Å². The van der Waals surface area contributed by atoms with Gasteiger partial charge in [-0.3, -0.25) is 4.79 Å². The van der Waals surface area contributed by atoms with Crippen molar-refractivity contribution in [2.24, 2.45) is 0 Å². The number of rotatable bonds is 4. The van der Waals surface area contributed by atoms with Crippen LogP contribution in [0.15, 0.2) is 18.2 Å². The van der Waals surface area contributed by atoms with E-state index >= 15 is 0 Å². The Bertz CT molecular complexity index is 357. The molecule has 3 nitrogen and oxygen atoms in total. The molecule has 1 amide bonds. The average molecular weight is 293 g/mol. The summed E-state index contributed by atoms with van der Waals surface area (Å²) in [6.07, 6.45) is 0.873. The first-order valence-electron chi connectivity index (χ1n) is 4.48. The maximum absolute atomic E-state index is 11.5. The van der Waals surface area contributed by atoms with Crippen molar-refractivity contribution in [2.75, 3.05) is 11.9 Å². The van der Waals surface area contributed by atoms with Gasteiger partial charge < -0.3 is 10.4 Å². The molecule has 5 heteroatoms. The van der Waals surface area contributed by atoms with Crippen LogP contribution in [-0.2, 0) is 0 Å². The van der Waals surface area contributed by atoms with Crippen molar-refractivity contribution in [3.63, 3.8) is 0 Å². The molecular weight excluding hydrogens is 281 g/mol. The van der Waals surface area contributed by atoms with Crippen LogP contribution >= 0.6 is 27.5 Å². The smallest absolute Gasteiger partial charge is 0.251 e. The molecule has 1 aromatic carbocycles. The minimum Gasteiger partial charge on any atom is -0.506 e. The molecule has 1 aromatic rings. The van der Waals surface area contributed by atoms with Gasteiger partial charge in [0.05, 0.1) is 5.02 Å². The summed E-state index contributed by atoms with van der Waals surface area (Å²) in [6, 6.07) is 4.38.